The van der Waals surface area contributed by atoms with Crippen LogP contribution in [0.5, 0.6) is 5.75 Å². The molecule has 1 aromatic carbocycles. The summed E-state index contributed by atoms with van der Waals surface area (Å²) in [6.07, 6.45) is 7.25. The third-order valence-electron chi connectivity index (χ3n) is 3.86. The molecule has 0 saturated heterocycles. The number of nitrogens with zero attached hydrogens (tertiary/aromatic N) is 1. The number of hydrogen-bond acceptors (Lipinski definition) is 3. The van der Waals surface area contributed by atoms with Gasteiger partial charge in [-0.05, 0) is 61.6 Å². The molecule has 0 aromatic heterocycles. The fraction of sp³-hybridized carbons (Fsp3) is 0.500. The lowest BCUT2D eigenvalue weighted by atomic mass is 9.87. The second-order valence-corrected chi connectivity index (χ2v) is 5.23. The van der Waals surface area contributed by atoms with Gasteiger partial charge in [-0.1, -0.05) is 13.0 Å². The highest BCUT2D eigenvalue weighted by molar-refractivity contribution is 5.37. The van der Waals surface area contributed by atoms with E-state index in [1.807, 2.05) is 12.1 Å². The zero-order valence-corrected chi connectivity index (χ0v) is 11.5. The lowest BCUT2D eigenvalue weighted by Crippen LogP contribution is -2.40. The molecule has 2 N–H and O–H groups in total. The van der Waals surface area contributed by atoms with Crippen LogP contribution in [0.15, 0.2) is 30.5 Å². The lowest BCUT2D eigenvalue weighted by molar-refractivity contribution is 0.198. The number of aliphatic hydroxyl groups excluding tert-OH is 1. The third kappa shape index (κ3) is 3.51. The molecule has 0 aliphatic heterocycles. The topological polar surface area (TPSA) is 43.7 Å². The fourth-order valence-electron chi connectivity index (χ4n) is 2.93. The fourth-order valence-corrected chi connectivity index (χ4v) is 2.93. The van der Waals surface area contributed by atoms with Crippen molar-refractivity contribution in [2.75, 3.05) is 13.1 Å². The van der Waals surface area contributed by atoms with Gasteiger partial charge in [0, 0.05) is 12.6 Å². The Morgan fingerprint density at radius 1 is 1.37 bits per heavy atom. The zero-order chi connectivity index (χ0) is 13.7. The summed E-state index contributed by atoms with van der Waals surface area (Å²) in [7, 11) is 0. The summed E-state index contributed by atoms with van der Waals surface area (Å²) in [6.45, 7) is 4.02. The van der Waals surface area contributed by atoms with Gasteiger partial charge < -0.3 is 10.2 Å². The third-order valence-corrected chi connectivity index (χ3v) is 3.86. The predicted molar refractivity (Wildman–Crippen MR) is 77.6 cm³/mol. The summed E-state index contributed by atoms with van der Waals surface area (Å²) >= 11 is 0. The Balaban J connectivity index is 2.09. The van der Waals surface area contributed by atoms with E-state index in [1.165, 1.54) is 11.1 Å². The maximum atomic E-state index is 9.60. The van der Waals surface area contributed by atoms with Crippen molar-refractivity contribution in [2.24, 2.45) is 0 Å². The van der Waals surface area contributed by atoms with Crippen molar-refractivity contribution < 1.29 is 10.2 Å². The van der Waals surface area contributed by atoms with Crippen molar-refractivity contribution >= 4 is 0 Å². The van der Waals surface area contributed by atoms with Crippen molar-refractivity contribution in [1.82, 2.24) is 4.90 Å². The van der Waals surface area contributed by atoms with Crippen LogP contribution >= 0.6 is 0 Å². The normalized spacial score (nSPS) is 18.9. The molecule has 0 spiro atoms. The first-order valence-electron chi connectivity index (χ1n) is 7.08. The molecule has 0 amide bonds. The minimum Gasteiger partial charge on any atom is -0.516 e. The number of aliphatic hydroxyl groups is 1. The molecule has 0 radical (unpaired) electrons. The van der Waals surface area contributed by atoms with E-state index in [0.717, 1.165) is 45.0 Å². The monoisotopic (exact) mass is 261 g/mol. The summed E-state index contributed by atoms with van der Waals surface area (Å²) in [5, 5.41) is 18.4. The predicted octanol–water partition coefficient (Wildman–Crippen LogP) is 3.03. The molecule has 1 unspecified atom stereocenters. The number of aryl methyl sites for hydroxylation is 1. The van der Waals surface area contributed by atoms with E-state index in [4.69, 9.17) is 5.11 Å². The highest BCUT2D eigenvalue weighted by Crippen LogP contribution is 2.27. The van der Waals surface area contributed by atoms with E-state index in [2.05, 4.69) is 11.8 Å². The van der Waals surface area contributed by atoms with E-state index in [-0.39, 0.29) is 0 Å². The Bertz CT molecular complexity index is 442. The summed E-state index contributed by atoms with van der Waals surface area (Å²) in [6, 6.07) is 6.22. The van der Waals surface area contributed by atoms with Crippen LogP contribution in [-0.4, -0.2) is 34.2 Å². The second kappa shape index (κ2) is 6.62. The quantitative estimate of drug-likeness (QED) is 0.801. The van der Waals surface area contributed by atoms with E-state index < -0.39 is 0 Å². The maximum absolute atomic E-state index is 9.60. The first kappa shape index (κ1) is 13.9. The molecule has 0 heterocycles. The van der Waals surface area contributed by atoms with Gasteiger partial charge in [0.15, 0.2) is 0 Å². The van der Waals surface area contributed by atoms with Gasteiger partial charge in [-0.25, -0.2) is 0 Å². The average Bonchev–Trinajstić information content (AvgIpc) is 2.42. The van der Waals surface area contributed by atoms with Crippen LogP contribution in [0.25, 0.3) is 0 Å². The Labute approximate surface area is 115 Å². The van der Waals surface area contributed by atoms with Crippen molar-refractivity contribution in [2.45, 2.75) is 38.6 Å². The molecule has 19 heavy (non-hydrogen) atoms. The maximum Gasteiger partial charge on any atom is 0.115 e. The SMILES string of the molecule is CCCN(C/C=C/O)C1CCc2ccc(O)cc2C1. The number of aromatic hydroxyl groups is 1. The molecular formula is C16H23NO2. The van der Waals surface area contributed by atoms with E-state index in [0.29, 0.717) is 11.8 Å². The van der Waals surface area contributed by atoms with Gasteiger partial charge in [0.1, 0.15) is 5.75 Å². The Morgan fingerprint density at radius 2 is 2.21 bits per heavy atom. The zero-order valence-electron chi connectivity index (χ0n) is 11.5. The van der Waals surface area contributed by atoms with Gasteiger partial charge in [0.05, 0.1) is 6.26 Å². The molecule has 3 heteroatoms. The standard InChI is InChI=1S/C16H23NO2/c1-2-8-17(9-3-10-18)15-6-4-13-5-7-16(19)12-14(13)11-15/h3,5,7,10,12,15,18-19H,2,4,6,8-9,11H2,1H3/b10-3+. The van der Waals surface area contributed by atoms with E-state index >= 15 is 0 Å². The molecule has 1 aliphatic rings. The van der Waals surface area contributed by atoms with Gasteiger partial charge in [-0.2, -0.15) is 0 Å². The highest BCUT2D eigenvalue weighted by Gasteiger charge is 2.23. The molecule has 0 bridgehead atoms. The molecule has 1 atom stereocenters. The summed E-state index contributed by atoms with van der Waals surface area (Å²) in [5.41, 5.74) is 2.63. The largest absolute Gasteiger partial charge is 0.516 e. The Kier molecular flexibility index (Phi) is 4.86. The lowest BCUT2D eigenvalue weighted by Gasteiger charge is -2.34. The minimum atomic E-state index is 0.358. The van der Waals surface area contributed by atoms with Crippen molar-refractivity contribution in [3.8, 4) is 5.75 Å². The summed E-state index contributed by atoms with van der Waals surface area (Å²) < 4.78 is 0. The van der Waals surface area contributed by atoms with Gasteiger partial charge >= 0.3 is 0 Å². The second-order valence-electron chi connectivity index (χ2n) is 5.23. The summed E-state index contributed by atoms with van der Waals surface area (Å²) in [5.74, 6) is 0.358. The minimum absolute atomic E-state index is 0.358. The van der Waals surface area contributed by atoms with Crippen LogP contribution in [0, 0.1) is 0 Å². The number of rotatable bonds is 5. The number of phenols is 1. The van der Waals surface area contributed by atoms with Crippen LogP contribution in [-0.2, 0) is 12.8 Å². The number of hydrogen-bond donors (Lipinski definition) is 2. The smallest absolute Gasteiger partial charge is 0.115 e. The van der Waals surface area contributed by atoms with E-state index in [1.54, 1.807) is 12.1 Å². The molecule has 1 aromatic rings. The number of benzene rings is 1. The van der Waals surface area contributed by atoms with Crippen molar-refractivity contribution in [1.29, 1.82) is 0 Å². The van der Waals surface area contributed by atoms with Crippen LogP contribution in [0.4, 0.5) is 0 Å². The van der Waals surface area contributed by atoms with E-state index in [9.17, 15) is 5.11 Å². The molecule has 104 valence electrons. The van der Waals surface area contributed by atoms with Gasteiger partial charge in [0.25, 0.3) is 0 Å². The first-order valence-corrected chi connectivity index (χ1v) is 7.08. The van der Waals surface area contributed by atoms with Gasteiger partial charge in [-0.3, -0.25) is 4.90 Å². The van der Waals surface area contributed by atoms with Crippen LogP contribution in [0.1, 0.15) is 30.9 Å². The molecule has 1 aliphatic carbocycles. The Morgan fingerprint density at radius 3 is 2.95 bits per heavy atom. The Hall–Kier alpha value is -1.48. The van der Waals surface area contributed by atoms with Gasteiger partial charge in [-0.15, -0.1) is 0 Å². The van der Waals surface area contributed by atoms with Gasteiger partial charge in [0.2, 0.25) is 0 Å². The number of phenolic OH excluding ortho intramolecular Hbond substituents is 1. The molecular weight excluding hydrogens is 238 g/mol. The summed E-state index contributed by atoms with van der Waals surface area (Å²) in [4.78, 5) is 2.42. The van der Waals surface area contributed by atoms with Crippen molar-refractivity contribution in [3.05, 3.63) is 41.7 Å². The van der Waals surface area contributed by atoms with Crippen LogP contribution in [0.2, 0.25) is 0 Å². The van der Waals surface area contributed by atoms with Crippen LogP contribution < -0.4 is 0 Å². The average molecular weight is 261 g/mol. The van der Waals surface area contributed by atoms with Crippen LogP contribution in [0.3, 0.4) is 0 Å². The molecule has 0 fully saturated rings. The molecule has 3 nitrogen and oxygen atoms in total. The first-order chi connectivity index (χ1) is 9.24. The molecule has 0 saturated carbocycles. The molecule has 2 rings (SSSR count). The number of fused-ring (bicyclic) bond motifs is 1. The van der Waals surface area contributed by atoms with Crippen molar-refractivity contribution in [3.63, 3.8) is 0 Å². The highest BCUT2D eigenvalue weighted by atomic mass is 16.3.